The number of hydrogen-bond acceptors (Lipinski definition) is 7. The number of amides is 1. The van der Waals surface area contributed by atoms with Gasteiger partial charge in [-0.05, 0) is 29.8 Å². The predicted molar refractivity (Wildman–Crippen MR) is 114 cm³/mol. The molecule has 0 aliphatic carbocycles. The molecule has 1 atom stereocenters. The summed E-state index contributed by atoms with van der Waals surface area (Å²) in [5, 5.41) is 30.6. The first-order valence-corrected chi connectivity index (χ1v) is 10.1. The van der Waals surface area contributed by atoms with Crippen molar-refractivity contribution in [1.29, 1.82) is 0 Å². The SMILES string of the molecule is O=C1C(=O)N(CCOCCO)[C@@H](c2cccc(Br)c2)C1=C(O)c1ccc([N+](=O)[O-])cc1. The van der Waals surface area contributed by atoms with Crippen LogP contribution in [0, 0.1) is 10.1 Å². The van der Waals surface area contributed by atoms with E-state index in [1.54, 1.807) is 24.3 Å². The number of Topliss-reactive ketones (excluding diaryl/α,β-unsaturated/α-hetero) is 1. The number of nitro groups is 1. The van der Waals surface area contributed by atoms with Gasteiger partial charge in [0.15, 0.2) is 0 Å². The number of hydrogen-bond donors (Lipinski definition) is 2. The molecule has 0 spiro atoms. The van der Waals surface area contributed by atoms with E-state index >= 15 is 0 Å². The molecule has 3 rings (SSSR count). The highest BCUT2D eigenvalue weighted by atomic mass is 79.9. The Bertz CT molecular complexity index is 1040. The molecular formula is C21H19BrN2O7. The highest BCUT2D eigenvalue weighted by Gasteiger charge is 2.45. The Morgan fingerprint density at radius 3 is 2.48 bits per heavy atom. The molecule has 1 aliphatic heterocycles. The number of nitrogens with zero attached hydrogens (tertiary/aromatic N) is 2. The van der Waals surface area contributed by atoms with Crippen LogP contribution >= 0.6 is 15.9 Å². The van der Waals surface area contributed by atoms with Crippen LogP contribution in [0.4, 0.5) is 5.69 Å². The maximum atomic E-state index is 12.9. The summed E-state index contributed by atoms with van der Waals surface area (Å²) in [6.07, 6.45) is 0. The minimum absolute atomic E-state index is 0.0682. The molecule has 31 heavy (non-hydrogen) atoms. The van der Waals surface area contributed by atoms with Gasteiger partial charge in [0.25, 0.3) is 17.4 Å². The normalized spacial score (nSPS) is 17.9. The van der Waals surface area contributed by atoms with Crippen molar-refractivity contribution in [3.63, 3.8) is 0 Å². The van der Waals surface area contributed by atoms with Crippen molar-refractivity contribution >= 4 is 39.1 Å². The number of halogens is 1. The molecular weight excluding hydrogens is 472 g/mol. The summed E-state index contributed by atoms with van der Waals surface area (Å²) in [7, 11) is 0. The molecule has 1 fully saturated rings. The van der Waals surface area contributed by atoms with E-state index in [9.17, 15) is 24.8 Å². The van der Waals surface area contributed by atoms with Crippen molar-refractivity contribution < 1.29 is 29.5 Å². The smallest absolute Gasteiger partial charge is 0.295 e. The van der Waals surface area contributed by atoms with Crippen LogP contribution in [0.2, 0.25) is 0 Å². The Morgan fingerprint density at radius 2 is 1.87 bits per heavy atom. The van der Waals surface area contributed by atoms with Gasteiger partial charge in [0.05, 0.1) is 36.4 Å². The molecule has 1 amide bonds. The highest BCUT2D eigenvalue weighted by molar-refractivity contribution is 9.10. The van der Waals surface area contributed by atoms with Crippen LogP contribution < -0.4 is 0 Å². The number of carbonyl (C=O) groups excluding carboxylic acids is 2. The van der Waals surface area contributed by atoms with Gasteiger partial charge < -0.3 is 19.8 Å². The van der Waals surface area contributed by atoms with E-state index in [1.807, 2.05) is 0 Å². The molecule has 10 heteroatoms. The Kier molecular flexibility index (Phi) is 7.16. The van der Waals surface area contributed by atoms with Gasteiger partial charge in [-0.1, -0.05) is 28.1 Å². The summed E-state index contributed by atoms with van der Waals surface area (Å²) in [6.45, 7) is 0.0801. The molecule has 162 valence electrons. The zero-order valence-corrected chi connectivity index (χ0v) is 17.8. The number of ether oxygens (including phenoxy) is 1. The molecule has 0 radical (unpaired) electrons. The van der Waals surface area contributed by atoms with E-state index in [0.717, 1.165) is 4.47 Å². The predicted octanol–water partition coefficient (Wildman–Crippen LogP) is 2.79. The van der Waals surface area contributed by atoms with Crippen molar-refractivity contribution in [2.24, 2.45) is 0 Å². The van der Waals surface area contributed by atoms with Crippen molar-refractivity contribution in [2.45, 2.75) is 6.04 Å². The summed E-state index contributed by atoms with van der Waals surface area (Å²) >= 11 is 3.37. The zero-order chi connectivity index (χ0) is 22.5. The number of nitro benzene ring substituents is 1. The van der Waals surface area contributed by atoms with Crippen LogP contribution in [0.1, 0.15) is 17.2 Å². The molecule has 2 aromatic carbocycles. The summed E-state index contributed by atoms with van der Waals surface area (Å²) in [4.78, 5) is 37.2. The molecule has 1 saturated heterocycles. The lowest BCUT2D eigenvalue weighted by Gasteiger charge is -2.25. The Hall–Kier alpha value is -3.08. The van der Waals surface area contributed by atoms with Crippen LogP contribution in [0.3, 0.4) is 0 Å². The summed E-state index contributed by atoms with van der Waals surface area (Å²) < 4.78 is 5.97. The second kappa shape index (κ2) is 9.82. The van der Waals surface area contributed by atoms with Crippen LogP contribution in [0.25, 0.3) is 5.76 Å². The fourth-order valence-electron chi connectivity index (χ4n) is 3.36. The zero-order valence-electron chi connectivity index (χ0n) is 16.2. The third-order valence-electron chi connectivity index (χ3n) is 4.77. The van der Waals surface area contributed by atoms with Gasteiger partial charge in [0.1, 0.15) is 5.76 Å². The Labute approximate surface area is 185 Å². The molecule has 0 bridgehead atoms. The minimum Gasteiger partial charge on any atom is -0.507 e. The van der Waals surface area contributed by atoms with Gasteiger partial charge in [0, 0.05) is 28.7 Å². The van der Waals surface area contributed by atoms with E-state index in [4.69, 9.17) is 9.84 Å². The van der Waals surface area contributed by atoms with Gasteiger partial charge in [0.2, 0.25) is 0 Å². The van der Waals surface area contributed by atoms with Crippen molar-refractivity contribution in [3.8, 4) is 0 Å². The quantitative estimate of drug-likeness (QED) is 0.145. The molecule has 2 aromatic rings. The maximum Gasteiger partial charge on any atom is 0.295 e. The van der Waals surface area contributed by atoms with Crippen LogP contribution in [0.5, 0.6) is 0 Å². The minimum atomic E-state index is -0.870. The highest BCUT2D eigenvalue weighted by Crippen LogP contribution is 2.40. The van der Waals surface area contributed by atoms with Crippen molar-refractivity contribution in [1.82, 2.24) is 4.90 Å². The van der Waals surface area contributed by atoms with E-state index in [2.05, 4.69) is 15.9 Å². The number of benzene rings is 2. The van der Waals surface area contributed by atoms with E-state index in [0.29, 0.717) is 5.56 Å². The molecule has 0 unspecified atom stereocenters. The first-order chi connectivity index (χ1) is 14.8. The summed E-state index contributed by atoms with van der Waals surface area (Å²) in [5.41, 5.74) is 0.500. The number of aliphatic hydroxyl groups excluding tert-OH is 2. The lowest BCUT2D eigenvalue weighted by atomic mass is 9.95. The number of non-ortho nitro benzene ring substituents is 1. The number of likely N-dealkylation sites (tertiary alicyclic amines) is 1. The largest absolute Gasteiger partial charge is 0.507 e. The molecule has 9 nitrogen and oxygen atoms in total. The molecule has 1 aliphatic rings. The monoisotopic (exact) mass is 490 g/mol. The van der Waals surface area contributed by atoms with Crippen LogP contribution in [-0.4, -0.2) is 58.1 Å². The van der Waals surface area contributed by atoms with Gasteiger partial charge in [-0.25, -0.2) is 0 Å². The number of aliphatic hydroxyl groups is 2. The molecule has 0 saturated carbocycles. The van der Waals surface area contributed by atoms with Gasteiger partial charge in [-0.15, -0.1) is 0 Å². The number of rotatable bonds is 8. The average Bonchev–Trinajstić information content (AvgIpc) is 3.01. The second-order valence-electron chi connectivity index (χ2n) is 6.69. The topological polar surface area (TPSA) is 130 Å². The van der Waals surface area contributed by atoms with Gasteiger partial charge in [-0.2, -0.15) is 0 Å². The third kappa shape index (κ3) is 4.82. The van der Waals surface area contributed by atoms with Crippen molar-refractivity contribution in [3.05, 3.63) is 79.8 Å². The fourth-order valence-corrected chi connectivity index (χ4v) is 3.78. The average molecular weight is 491 g/mol. The number of carbonyl (C=O) groups is 2. The lowest BCUT2D eigenvalue weighted by Crippen LogP contribution is -2.33. The molecule has 1 heterocycles. The van der Waals surface area contributed by atoms with E-state index in [-0.39, 0.29) is 43.2 Å². The summed E-state index contributed by atoms with van der Waals surface area (Å²) in [5.74, 6) is -2.07. The van der Waals surface area contributed by atoms with Gasteiger partial charge in [-0.3, -0.25) is 19.7 Å². The first kappa shape index (κ1) is 22.6. The lowest BCUT2D eigenvalue weighted by molar-refractivity contribution is -0.384. The maximum absolute atomic E-state index is 12.9. The van der Waals surface area contributed by atoms with Crippen LogP contribution in [0.15, 0.2) is 58.6 Å². The third-order valence-corrected chi connectivity index (χ3v) is 5.26. The Balaban J connectivity index is 2.06. The van der Waals surface area contributed by atoms with Crippen LogP contribution in [-0.2, 0) is 14.3 Å². The second-order valence-corrected chi connectivity index (χ2v) is 7.60. The van der Waals surface area contributed by atoms with Gasteiger partial charge >= 0.3 is 0 Å². The Morgan fingerprint density at radius 1 is 1.16 bits per heavy atom. The van der Waals surface area contributed by atoms with E-state index in [1.165, 1.54) is 29.2 Å². The standard InChI is InChI=1S/C21H19BrN2O7/c22-15-3-1-2-14(12-15)18-17(19(26)13-4-6-16(7-5-13)24(29)30)20(27)21(28)23(18)8-10-31-11-9-25/h1-7,12,18,25-26H,8-11H2/t18-/m0/s1. The fraction of sp³-hybridized carbons (Fsp3) is 0.238. The molecule has 0 aromatic heterocycles. The van der Waals surface area contributed by atoms with E-state index < -0.39 is 28.4 Å². The number of ketones is 1. The van der Waals surface area contributed by atoms with Crippen molar-refractivity contribution in [2.75, 3.05) is 26.4 Å². The summed E-state index contributed by atoms with van der Waals surface area (Å²) in [6, 6.07) is 11.2. The molecule has 2 N–H and O–H groups in total. The first-order valence-electron chi connectivity index (χ1n) is 9.32.